The first-order valence-electron chi connectivity index (χ1n) is 9.10. The number of imidazole rings is 1. The van der Waals surface area contributed by atoms with Gasteiger partial charge in [0.15, 0.2) is 0 Å². The Balaban J connectivity index is 1.68. The van der Waals surface area contributed by atoms with Gasteiger partial charge in [-0.25, -0.2) is 4.98 Å². The summed E-state index contributed by atoms with van der Waals surface area (Å²) in [6.07, 6.45) is 14.1. The molecule has 0 radical (unpaired) electrons. The van der Waals surface area contributed by atoms with Gasteiger partial charge in [0.2, 0.25) is 0 Å². The molecule has 3 aliphatic rings. The van der Waals surface area contributed by atoms with Crippen LogP contribution in [0.4, 0.5) is 0 Å². The van der Waals surface area contributed by atoms with E-state index in [0.717, 1.165) is 12.0 Å². The van der Waals surface area contributed by atoms with Crippen molar-refractivity contribution < 1.29 is 0 Å². The predicted molar refractivity (Wildman–Crippen MR) is 91.9 cm³/mol. The normalized spacial score (nSPS) is 33.1. The zero-order valence-corrected chi connectivity index (χ0v) is 13.9. The van der Waals surface area contributed by atoms with Crippen molar-refractivity contribution in [3.05, 3.63) is 48.0 Å². The standard InChI is InChI=1S/C20H25N3/c1-22-10-8-20-7-3-2-4-17(20)19(22)12-15-5-6-16(13-18(15)20)23-11-9-21-14-23/h5-6,9,11,13-14,17,19H,2-4,7-8,10,12H2,1H3/t17-,19+,20+/m0/s1. The van der Waals surface area contributed by atoms with Gasteiger partial charge in [-0.1, -0.05) is 18.9 Å². The fourth-order valence-electron chi connectivity index (χ4n) is 5.76. The highest BCUT2D eigenvalue weighted by molar-refractivity contribution is 5.48. The molecule has 0 spiro atoms. The highest BCUT2D eigenvalue weighted by Gasteiger charge is 2.52. The van der Waals surface area contributed by atoms with E-state index in [1.54, 1.807) is 11.1 Å². The van der Waals surface area contributed by atoms with Crippen molar-refractivity contribution in [1.29, 1.82) is 0 Å². The third kappa shape index (κ3) is 1.89. The molecule has 0 amide bonds. The van der Waals surface area contributed by atoms with Gasteiger partial charge in [0, 0.05) is 29.5 Å². The smallest absolute Gasteiger partial charge is 0.0991 e. The van der Waals surface area contributed by atoms with E-state index in [0.29, 0.717) is 5.41 Å². The van der Waals surface area contributed by atoms with E-state index in [-0.39, 0.29) is 0 Å². The molecule has 2 aliphatic carbocycles. The Morgan fingerprint density at radius 1 is 1.22 bits per heavy atom. The van der Waals surface area contributed by atoms with Gasteiger partial charge in [0.25, 0.3) is 0 Å². The third-order valence-electron chi connectivity index (χ3n) is 6.90. The minimum atomic E-state index is 0.444. The topological polar surface area (TPSA) is 21.1 Å². The summed E-state index contributed by atoms with van der Waals surface area (Å²) in [7, 11) is 2.34. The third-order valence-corrected chi connectivity index (χ3v) is 6.90. The van der Waals surface area contributed by atoms with Crippen LogP contribution < -0.4 is 0 Å². The molecule has 1 aromatic carbocycles. The molecule has 1 saturated heterocycles. The Hall–Kier alpha value is -1.61. The maximum Gasteiger partial charge on any atom is 0.0991 e. The van der Waals surface area contributed by atoms with E-state index in [1.165, 1.54) is 50.8 Å². The van der Waals surface area contributed by atoms with Crippen LogP contribution in [0.5, 0.6) is 0 Å². The van der Waals surface area contributed by atoms with E-state index in [9.17, 15) is 0 Å². The van der Waals surface area contributed by atoms with Crippen LogP contribution in [0.1, 0.15) is 43.2 Å². The molecule has 5 rings (SSSR count). The summed E-state index contributed by atoms with van der Waals surface area (Å²) in [5, 5.41) is 0. The molecule has 3 nitrogen and oxygen atoms in total. The monoisotopic (exact) mass is 307 g/mol. The van der Waals surface area contributed by atoms with E-state index in [4.69, 9.17) is 0 Å². The zero-order valence-electron chi connectivity index (χ0n) is 13.9. The summed E-state index contributed by atoms with van der Waals surface area (Å²) in [5.74, 6) is 0.862. The molecule has 3 heteroatoms. The molecule has 1 aliphatic heterocycles. The zero-order chi connectivity index (χ0) is 15.4. The van der Waals surface area contributed by atoms with Crippen LogP contribution in [0.2, 0.25) is 0 Å². The Bertz CT molecular complexity index is 720. The lowest BCUT2D eigenvalue weighted by atomic mass is 9.52. The number of hydrogen-bond acceptors (Lipinski definition) is 2. The van der Waals surface area contributed by atoms with Gasteiger partial charge in [-0.3, -0.25) is 0 Å². The van der Waals surface area contributed by atoms with Gasteiger partial charge in [-0.15, -0.1) is 0 Å². The number of nitrogens with zero attached hydrogens (tertiary/aromatic N) is 3. The fraction of sp³-hybridized carbons (Fsp3) is 0.550. The molecule has 1 saturated carbocycles. The van der Waals surface area contributed by atoms with Crippen molar-refractivity contribution in [2.24, 2.45) is 5.92 Å². The molecule has 120 valence electrons. The number of benzene rings is 1. The van der Waals surface area contributed by atoms with Crippen LogP contribution in [0.15, 0.2) is 36.9 Å². The fourth-order valence-corrected chi connectivity index (χ4v) is 5.76. The number of likely N-dealkylation sites (tertiary alicyclic amines) is 1. The van der Waals surface area contributed by atoms with Crippen molar-refractivity contribution in [2.45, 2.75) is 50.0 Å². The van der Waals surface area contributed by atoms with E-state index < -0.39 is 0 Å². The molecule has 23 heavy (non-hydrogen) atoms. The van der Waals surface area contributed by atoms with E-state index >= 15 is 0 Å². The van der Waals surface area contributed by atoms with Gasteiger partial charge in [-0.05, 0) is 68.5 Å². The number of rotatable bonds is 1. The number of piperidine rings is 1. The molecule has 3 atom stereocenters. The number of fused-ring (bicyclic) bond motifs is 1. The lowest BCUT2D eigenvalue weighted by Crippen LogP contribution is -2.59. The summed E-state index contributed by atoms with van der Waals surface area (Å²) in [6.45, 7) is 1.26. The van der Waals surface area contributed by atoms with Crippen molar-refractivity contribution in [3.63, 3.8) is 0 Å². The summed E-state index contributed by atoms with van der Waals surface area (Å²) < 4.78 is 2.15. The van der Waals surface area contributed by atoms with Crippen LogP contribution in [0, 0.1) is 5.92 Å². The van der Waals surface area contributed by atoms with Gasteiger partial charge in [0.05, 0.1) is 6.33 Å². The van der Waals surface area contributed by atoms with Crippen molar-refractivity contribution >= 4 is 0 Å². The SMILES string of the molecule is CN1CC[C@]23CCCC[C@H]2[C@H]1Cc1ccc(-n2ccnc2)cc13. The first-order valence-corrected chi connectivity index (χ1v) is 9.10. The second kappa shape index (κ2) is 4.94. The van der Waals surface area contributed by atoms with Gasteiger partial charge >= 0.3 is 0 Å². The van der Waals surface area contributed by atoms with Crippen molar-refractivity contribution in [3.8, 4) is 5.69 Å². The number of aromatic nitrogens is 2. The van der Waals surface area contributed by atoms with Crippen molar-refractivity contribution in [1.82, 2.24) is 14.5 Å². The Morgan fingerprint density at radius 3 is 3.04 bits per heavy atom. The summed E-state index contributed by atoms with van der Waals surface area (Å²) in [4.78, 5) is 6.86. The largest absolute Gasteiger partial charge is 0.306 e. The lowest BCUT2D eigenvalue weighted by Gasteiger charge is -2.58. The highest BCUT2D eigenvalue weighted by atomic mass is 15.2. The van der Waals surface area contributed by atoms with E-state index in [1.807, 2.05) is 12.5 Å². The molecule has 2 heterocycles. The van der Waals surface area contributed by atoms with Crippen LogP contribution in [-0.4, -0.2) is 34.1 Å². The van der Waals surface area contributed by atoms with E-state index in [2.05, 4.69) is 45.9 Å². The van der Waals surface area contributed by atoms with Gasteiger partial charge in [-0.2, -0.15) is 0 Å². The minimum absolute atomic E-state index is 0.444. The molecule has 2 bridgehead atoms. The van der Waals surface area contributed by atoms with Gasteiger partial charge in [0.1, 0.15) is 0 Å². The average molecular weight is 307 g/mol. The highest BCUT2D eigenvalue weighted by Crippen LogP contribution is 2.55. The summed E-state index contributed by atoms with van der Waals surface area (Å²) in [6, 6.07) is 7.91. The maximum absolute atomic E-state index is 4.22. The first-order chi connectivity index (χ1) is 11.3. The molecule has 2 aromatic rings. The number of likely N-dealkylation sites (N-methyl/N-ethyl adjacent to an activating group) is 1. The lowest BCUT2D eigenvalue weighted by molar-refractivity contribution is 0.00286. The Morgan fingerprint density at radius 2 is 2.17 bits per heavy atom. The minimum Gasteiger partial charge on any atom is -0.306 e. The summed E-state index contributed by atoms with van der Waals surface area (Å²) >= 11 is 0. The van der Waals surface area contributed by atoms with Crippen molar-refractivity contribution in [2.75, 3.05) is 13.6 Å². The molecule has 0 unspecified atom stereocenters. The molecule has 1 aromatic heterocycles. The molecule has 0 N–H and O–H groups in total. The van der Waals surface area contributed by atoms with Crippen LogP contribution >= 0.6 is 0 Å². The average Bonchev–Trinajstić information content (AvgIpc) is 3.12. The predicted octanol–water partition coefficient (Wildman–Crippen LogP) is 3.56. The molecular formula is C20H25N3. The Labute approximate surface area is 138 Å². The Kier molecular flexibility index (Phi) is 2.96. The van der Waals surface area contributed by atoms with Crippen LogP contribution in [0.3, 0.4) is 0 Å². The first kappa shape index (κ1) is 13.8. The second-order valence-corrected chi connectivity index (χ2v) is 7.82. The summed E-state index contributed by atoms with van der Waals surface area (Å²) in [5.41, 5.74) is 4.98. The van der Waals surface area contributed by atoms with Crippen LogP contribution in [-0.2, 0) is 11.8 Å². The quantitative estimate of drug-likeness (QED) is 0.803. The molecule has 2 fully saturated rings. The maximum atomic E-state index is 4.22. The van der Waals surface area contributed by atoms with Gasteiger partial charge < -0.3 is 9.47 Å². The molecular weight excluding hydrogens is 282 g/mol. The number of hydrogen-bond donors (Lipinski definition) is 0. The van der Waals surface area contributed by atoms with Crippen LogP contribution in [0.25, 0.3) is 5.69 Å². The second-order valence-electron chi connectivity index (χ2n) is 7.82.